The molecule has 2 aromatic heterocycles. The van der Waals surface area contributed by atoms with Gasteiger partial charge in [0.25, 0.3) is 5.56 Å². The van der Waals surface area contributed by atoms with Gasteiger partial charge >= 0.3 is 5.97 Å². The maximum atomic E-state index is 13.0. The number of thiazole rings is 1. The van der Waals surface area contributed by atoms with Gasteiger partial charge in [0.05, 0.1) is 24.2 Å². The average molecular weight is 423 g/mol. The predicted molar refractivity (Wildman–Crippen MR) is 111 cm³/mol. The topological polar surface area (TPSA) is 143 Å². The van der Waals surface area contributed by atoms with E-state index in [1.807, 2.05) is 6.92 Å². The van der Waals surface area contributed by atoms with Crippen LogP contribution in [0.4, 0.5) is 5.13 Å². The van der Waals surface area contributed by atoms with Gasteiger partial charge < -0.3 is 25.5 Å². The summed E-state index contributed by atoms with van der Waals surface area (Å²) in [5.41, 5.74) is 7.38. The van der Waals surface area contributed by atoms with Crippen molar-refractivity contribution in [2.75, 3.05) is 19.0 Å². The summed E-state index contributed by atoms with van der Waals surface area (Å²) in [6.45, 7) is 2.61. The molecule has 0 spiro atoms. The third kappa shape index (κ3) is 3.05. The van der Waals surface area contributed by atoms with E-state index in [1.165, 1.54) is 18.4 Å². The van der Waals surface area contributed by atoms with Crippen molar-refractivity contribution in [2.24, 2.45) is 5.73 Å². The zero-order chi connectivity index (χ0) is 21.4. The summed E-state index contributed by atoms with van der Waals surface area (Å²) < 4.78 is 11.1. The van der Waals surface area contributed by atoms with E-state index in [-0.39, 0.29) is 22.8 Å². The number of H-pyrrole nitrogens is 1. The fraction of sp³-hybridized carbons (Fsp3) is 0.200. The highest BCUT2D eigenvalue weighted by Gasteiger charge is 2.35. The number of ether oxygens (including phenoxy) is 2. The lowest BCUT2D eigenvalue weighted by Crippen LogP contribution is -2.27. The molecule has 4 rings (SSSR count). The lowest BCUT2D eigenvalue weighted by atomic mass is 9.84. The molecule has 1 aliphatic heterocycles. The van der Waals surface area contributed by atoms with Gasteiger partial charge in [0, 0.05) is 6.54 Å². The number of fused-ring (bicyclic) bond motifs is 3. The minimum Gasteiger partial charge on any atom is -0.465 e. The maximum absolute atomic E-state index is 13.0. The molecule has 9 nitrogen and oxygen atoms in total. The first-order valence-corrected chi connectivity index (χ1v) is 9.86. The number of hydrogen-bond donors (Lipinski definition) is 3. The summed E-state index contributed by atoms with van der Waals surface area (Å²) >= 11 is 1.32. The van der Waals surface area contributed by atoms with E-state index < -0.39 is 17.4 Å². The normalized spacial score (nSPS) is 15.3. The number of hydrogen-bond acceptors (Lipinski definition) is 9. The molecule has 3 aromatic rings. The number of aromatic amines is 1. The van der Waals surface area contributed by atoms with Gasteiger partial charge in [-0.2, -0.15) is 5.26 Å². The number of allylic oxidation sites excluding steroid dienone is 1. The quantitative estimate of drug-likeness (QED) is 0.543. The molecule has 0 amide bonds. The standard InChI is InChI=1S/C20H17N5O4S/c1-3-23-20-25-17-15(30-20)14-13(18(26)24-17)12(11(8-21)16(22)29-14)9-4-6-10(7-5-9)19(27)28-2/h4-7,12H,3,22H2,1-2H3,(H2,23,24,25,26)/t12-/m1/s1. The third-order valence-corrected chi connectivity index (χ3v) is 5.73. The smallest absolute Gasteiger partial charge is 0.337 e. The van der Waals surface area contributed by atoms with Crippen LogP contribution in [-0.4, -0.2) is 29.6 Å². The fourth-order valence-electron chi connectivity index (χ4n) is 3.38. The van der Waals surface area contributed by atoms with Gasteiger partial charge in [0.2, 0.25) is 5.88 Å². The molecule has 0 saturated heterocycles. The summed E-state index contributed by atoms with van der Waals surface area (Å²) in [6, 6.07) is 8.53. The Morgan fingerprint density at radius 3 is 2.80 bits per heavy atom. The number of methoxy groups -OCH3 is 1. The number of nitrogens with one attached hydrogen (secondary N) is 2. The molecule has 152 valence electrons. The van der Waals surface area contributed by atoms with Crippen LogP contribution in [0.15, 0.2) is 40.5 Å². The molecule has 3 heterocycles. The van der Waals surface area contributed by atoms with Gasteiger partial charge in [-0.25, -0.2) is 9.78 Å². The number of anilines is 1. The van der Waals surface area contributed by atoms with E-state index in [2.05, 4.69) is 21.4 Å². The van der Waals surface area contributed by atoms with Crippen molar-refractivity contribution in [1.29, 1.82) is 5.26 Å². The molecule has 10 heteroatoms. The molecule has 1 aliphatic rings. The number of aromatic nitrogens is 2. The second-order valence-electron chi connectivity index (χ2n) is 6.46. The molecule has 0 radical (unpaired) electrons. The van der Waals surface area contributed by atoms with Crippen molar-refractivity contribution in [3.8, 4) is 11.8 Å². The zero-order valence-electron chi connectivity index (χ0n) is 16.1. The molecular formula is C20H17N5O4S. The van der Waals surface area contributed by atoms with Crippen molar-refractivity contribution in [3.05, 3.63) is 62.8 Å². The average Bonchev–Trinajstić information content (AvgIpc) is 3.15. The van der Waals surface area contributed by atoms with Crippen LogP contribution >= 0.6 is 11.3 Å². The number of esters is 1. The number of carbonyl (C=O) groups is 1. The van der Waals surface area contributed by atoms with Gasteiger partial charge in [0.15, 0.2) is 16.5 Å². The second-order valence-corrected chi connectivity index (χ2v) is 7.46. The lowest BCUT2D eigenvalue weighted by Gasteiger charge is -2.25. The monoisotopic (exact) mass is 423 g/mol. The summed E-state index contributed by atoms with van der Waals surface area (Å²) in [6.07, 6.45) is 0. The Hall–Kier alpha value is -3.84. The molecule has 0 saturated carbocycles. The van der Waals surface area contributed by atoms with Crippen molar-refractivity contribution in [3.63, 3.8) is 0 Å². The Bertz CT molecular complexity index is 1280. The van der Waals surface area contributed by atoms with Gasteiger partial charge in [-0.3, -0.25) is 4.79 Å². The number of carbonyl (C=O) groups excluding carboxylic acids is 1. The van der Waals surface area contributed by atoms with Crippen molar-refractivity contribution in [1.82, 2.24) is 9.97 Å². The molecule has 1 atom stereocenters. The Kier molecular flexibility index (Phi) is 4.89. The van der Waals surface area contributed by atoms with Gasteiger partial charge in [-0.1, -0.05) is 23.5 Å². The summed E-state index contributed by atoms with van der Waals surface area (Å²) in [5.74, 6) is -1.01. The third-order valence-electron chi connectivity index (χ3n) is 4.72. The largest absolute Gasteiger partial charge is 0.465 e. The summed E-state index contributed by atoms with van der Waals surface area (Å²) in [7, 11) is 1.30. The second kappa shape index (κ2) is 7.53. The minimum atomic E-state index is -0.747. The Morgan fingerprint density at radius 1 is 1.43 bits per heavy atom. The van der Waals surface area contributed by atoms with Crippen molar-refractivity contribution < 1.29 is 14.3 Å². The van der Waals surface area contributed by atoms with Crippen LogP contribution in [0.3, 0.4) is 0 Å². The SMILES string of the molecule is CCNc1nc2[nH]c(=O)c3c(c2s1)OC(N)=C(C#N)[C@H]3c1ccc(C(=O)OC)cc1. The fourth-order valence-corrected chi connectivity index (χ4v) is 4.37. The highest BCUT2D eigenvalue weighted by Crippen LogP contribution is 2.45. The van der Waals surface area contributed by atoms with Crippen LogP contribution in [0.25, 0.3) is 10.3 Å². The van der Waals surface area contributed by atoms with Crippen LogP contribution in [-0.2, 0) is 4.74 Å². The maximum Gasteiger partial charge on any atom is 0.337 e. The zero-order valence-corrected chi connectivity index (χ0v) is 16.9. The number of nitriles is 1. The molecular weight excluding hydrogens is 406 g/mol. The Labute approximate surface area is 174 Å². The predicted octanol–water partition coefficient (Wildman–Crippen LogP) is 2.42. The van der Waals surface area contributed by atoms with E-state index in [9.17, 15) is 14.9 Å². The molecule has 0 bridgehead atoms. The van der Waals surface area contributed by atoms with Gasteiger partial charge in [-0.15, -0.1) is 0 Å². The van der Waals surface area contributed by atoms with E-state index in [0.717, 1.165) is 0 Å². The molecule has 30 heavy (non-hydrogen) atoms. The van der Waals surface area contributed by atoms with E-state index in [1.54, 1.807) is 24.3 Å². The Morgan fingerprint density at radius 2 is 2.17 bits per heavy atom. The molecule has 0 aliphatic carbocycles. The van der Waals surface area contributed by atoms with Crippen molar-refractivity contribution in [2.45, 2.75) is 12.8 Å². The number of rotatable bonds is 4. The van der Waals surface area contributed by atoms with Crippen molar-refractivity contribution >= 4 is 32.8 Å². The number of nitrogens with zero attached hydrogens (tertiary/aromatic N) is 2. The first-order valence-electron chi connectivity index (χ1n) is 9.04. The molecule has 1 aromatic carbocycles. The number of nitrogens with two attached hydrogens (primary N) is 1. The first kappa shape index (κ1) is 19.5. The van der Waals surface area contributed by atoms with Crippen LogP contribution < -0.4 is 21.3 Å². The van der Waals surface area contributed by atoms with Crippen LogP contribution in [0.5, 0.6) is 5.75 Å². The lowest BCUT2D eigenvalue weighted by molar-refractivity contribution is 0.0600. The highest BCUT2D eigenvalue weighted by atomic mass is 32.1. The minimum absolute atomic E-state index is 0.0719. The highest BCUT2D eigenvalue weighted by molar-refractivity contribution is 7.22. The van der Waals surface area contributed by atoms with E-state index in [0.29, 0.717) is 33.2 Å². The molecule has 0 unspecified atom stereocenters. The van der Waals surface area contributed by atoms with E-state index >= 15 is 0 Å². The first-order chi connectivity index (χ1) is 14.5. The van der Waals surface area contributed by atoms with Crippen LogP contribution in [0.2, 0.25) is 0 Å². The van der Waals surface area contributed by atoms with Crippen LogP contribution in [0.1, 0.15) is 34.3 Å². The van der Waals surface area contributed by atoms with Gasteiger partial charge in [0.1, 0.15) is 16.3 Å². The summed E-state index contributed by atoms with van der Waals surface area (Å²) in [5, 5.41) is 13.4. The molecule has 4 N–H and O–H groups in total. The molecule has 0 fully saturated rings. The summed E-state index contributed by atoms with van der Waals surface area (Å²) in [4.78, 5) is 31.9. The number of pyridine rings is 1. The Balaban J connectivity index is 1.93. The van der Waals surface area contributed by atoms with Crippen LogP contribution in [0, 0.1) is 11.3 Å². The van der Waals surface area contributed by atoms with Gasteiger partial charge in [-0.05, 0) is 24.6 Å². The number of benzene rings is 1. The van der Waals surface area contributed by atoms with E-state index in [4.69, 9.17) is 15.2 Å².